The first-order valence-corrected chi connectivity index (χ1v) is 9.95. The Labute approximate surface area is 154 Å². The molecule has 4 nitrogen and oxygen atoms in total. The quantitative estimate of drug-likeness (QED) is 0.763. The Hall–Kier alpha value is -1.75. The molecular weight excluding hydrogens is 330 g/mol. The second-order valence-corrected chi connectivity index (χ2v) is 8.13. The lowest BCUT2D eigenvalue weighted by molar-refractivity contribution is -0.129. The third-order valence-electron chi connectivity index (χ3n) is 4.78. The van der Waals surface area contributed by atoms with Crippen molar-refractivity contribution in [2.75, 3.05) is 12.3 Å². The molecule has 0 spiro atoms. The third-order valence-corrected chi connectivity index (χ3v) is 5.74. The number of aromatic nitrogens is 2. The van der Waals surface area contributed by atoms with E-state index in [1.165, 1.54) is 16.8 Å². The standard InChI is InChI=1S/C20H27N3OS/c1-14(2)11-23-16(4)15(3)21-20(23)25-13-19(24)22-10-9-17-7-5-6-8-18(17)12-22/h5-8,14H,9-13H2,1-4H3. The summed E-state index contributed by atoms with van der Waals surface area (Å²) in [7, 11) is 0. The van der Waals surface area contributed by atoms with Gasteiger partial charge in [-0.3, -0.25) is 4.79 Å². The number of amides is 1. The summed E-state index contributed by atoms with van der Waals surface area (Å²) in [5.41, 5.74) is 4.91. The average molecular weight is 358 g/mol. The molecule has 0 atom stereocenters. The van der Waals surface area contributed by atoms with Crippen LogP contribution in [0.4, 0.5) is 0 Å². The van der Waals surface area contributed by atoms with E-state index in [9.17, 15) is 4.79 Å². The van der Waals surface area contributed by atoms with Crippen LogP contribution >= 0.6 is 11.8 Å². The molecule has 0 fully saturated rings. The number of aryl methyl sites for hydroxylation is 1. The maximum atomic E-state index is 12.7. The number of carbonyl (C=O) groups excluding carboxylic acids is 1. The van der Waals surface area contributed by atoms with E-state index in [0.29, 0.717) is 11.7 Å². The number of thioether (sulfide) groups is 1. The molecule has 0 radical (unpaired) electrons. The van der Waals surface area contributed by atoms with Crippen LogP contribution in [0.2, 0.25) is 0 Å². The van der Waals surface area contributed by atoms with Crippen LogP contribution in [-0.4, -0.2) is 32.7 Å². The van der Waals surface area contributed by atoms with Gasteiger partial charge in [0.2, 0.25) is 5.91 Å². The van der Waals surface area contributed by atoms with Gasteiger partial charge in [0.25, 0.3) is 0 Å². The molecule has 0 N–H and O–H groups in total. The second kappa shape index (κ2) is 7.65. The zero-order chi connectivity index (χ0) is 18.0. The number of hydrogen-bond acceptors (Lipinski definition) is 3. The molecule has 1 aliphatic heterocycles. The van der Waals surface area contributed by atoms with E-state index in [1.54, 1.807) is 11.8 Å². The Morgan fingerprint density at radius 3 is 2.68 bits per heavy atom. The van der Waals surface area contributed by atoms with E-state index in [0.717, 1.165) is 36.9 Å². The summed E-state index contributed by atoms with van der Waals surface area (Å²) in [4.78, 5) is 19.3. The smallest absolute Gasteiger partial charge is 0.233 e. The van der Waals surface area contributed by atoms with E-state index in [4.69, 9.17) is 0 Å². The van der Waals surface area contributed by atoms with Crippen molar-refractivity contribution in [1.29, 1.82) is 0 Å². The highest BCUT2D eigenvalue weighted by Crippen LogP contribution is 2.24. The van der Waals surface area contributed by atoms with Crippen LogP contribution in [0.1, 0.15) is 36.4 Å². The normalized spacial score (nSPS) is 14.0. The summed E-state index contributed by atoms with van der Waals surface area (Å²) in [6.07, 6.45) is 0.951. The van der Waals surface area contributed by atoms with Crippen LogP contribution in [0.3, 0.4) is 0 Å². The summed E-state index contributed by atoms with van der Waals surface area (Å²) in [5.74, 6) is 1.21. The number of benzene rings is 1. The van der Waals surface area contributed by atoms with Crippen molar-refractivity contribution in [3.05, 3.63) is 46.8 Å². The summed E-state index contributed by atoms with van der Waals surface area (Å²) in [6, 6.07) is 8.42. The Morgan fingerprint density at radius 1 is 1.24 bits per heavy atom. The van der Waals surface area contributed by atoms with Gasteiger partial charge in [-0.15, -0.1) is 0 Å². The minimum Gasteiger partial charge on any atom is -0.337 e. The van der Waals surface area contributed by atoms with Crippen LogP contribution < -0.4 is 0 Å². The van der Waals surface area contributed by atoms with Gasteiger partial charge in [0.15, 0.2) is 5.16 Å². The molecule has 5 heteroatoms. The summed E-state index contributed by atoms with van der Waals surface area (Å²) >= 11 is 1.57. The van der Waals surface area contributed by atoms with Crippen LogP contribution in [0.15, 0.2) is 29.4 Å². The first kappa shape index (κ1) is 18.1. The van der Waals surface area contributed by atoms with E-state index < -0.39 is 0 Å². The average Bonchev–Trinajstić information content (AvgIpc) is 2.86. The number of hydrogen-bond donors (Lipinski definition) is 0. The monoisotopic (exact) mass is 357 g/mol. The fourth-order valence-corrected chi connectivity index (χ4v) is 4.24. The van der Waals surface area contributed by atoms with E-state index in [-0.39, 0.29) is 5.91 Å². The molecule has 0 saturated heterocycles. The molecule has 2 aromatic rings. The fraction of sp³-hybridized carbons (Fsp3) is 0.500. The molecule has 1 aromatic heterocycles. The van der Waals surface area contributed by atoms with Gasteiger partial charge in [0, 0.05) is 25.3 Å². The van der Waals surface area contributed by atoms with Crippen LogP contribution in [0.5, 0.6) is 0 Å². The number of fused-ring (bicyclic) bond motifs is 1. The Kier molecular flexibility index (Phi) is 5.52. The van der Waals surface area contributed by atoms with Gasteiger partial charge in [-0.05, 0) is 37.3 Å². The van der Waals surface area contributed by atoms with Gasteiger partial charge in [0.05, 0.1) is 11.4 Å². The predicted molar refractivity (Wildman–Crippen MR) is 103 cm³/mol. The van der Waals surface area contributed by atoms with Gasteiger partial charge < -0.3 is 9.47 Å². The maximum Gasteiger partial charge on any atom is 0.233 e. The molecule has 0 aliphatic carbocycles. The molecule has 1 aliphatic rings. The molecule has 0 bridgehead atoms. The summed E-state index contributed by atoms with van der Waals surface area (Å²) < 4.78 is 2.25. The van der Waals surface area contributed by atoms with E-state index in [1.807, 2.05) is 11.8 Å². The van der Waals surface area contributed by atoms with Crippen molar-refractivity contribution >= 4 is 17.7 Å². The first-order valence-electron chi connectivity index (χ1n) is 8.96. The lowest BCUT2D eigenvalue weighted by Gasteiger charge is -2.28. The van der Waals surface area contributed by atoms with Gasteiger partial charge in [0.1, 0.15) is 0 Å². The number of nitrogens with zero attached hydrogens (tertiary/aromatic N) is 3. The van der Waals surface area contributed by atoms with Crippen LogP contribution in [0, 0.1) is 19.8 Å². The van der Waals surface area contributed by atoms with Gasteiger partial charge in [-0.1, -0.05) is 49.9 Å². The molecule has 0 unspecified atom stereocenters. The number of carbonyl (C=O) groups is 1. The molecule has 25 heavy (non-hydrogen) atoms. The summed E-state index contributed by atoms with van der Waals surface area (Å²) in [5, 5.41) is 0.967. The van der Waals surface area contributed by atoms with Gasteiger partial charge in [-0.2, -0.15) is 0 Å². The van der Waals surface area contributed by atoms with Gasteiger partial charge >= 0.3 is 0 Å². The highest BCUT2D eigenvalue weighted by atomic mass is 32.2. The summed E-state index contributed by atoms with van der Waals surface area (Å²) in [6.45, 7) is 11.1. The molecule has 1 aromatic carbocycles. The highest BCUT2D eigenvalue weighted by molar-refractivity contribution is 7.99. The topological polar surface area (TPSA) is 38.1 Å². The zero-order valence-corrected chi connectivity index (χ0v) is 16.4. The minimum atomic E-state index is 0.203. The van der Waals surface area contributed by atoms with Crippen molar-refractivity contribution in [1.82, 2.24) is 14.5 Å². The lowest BCUT2D eigenvalue weighted by atomic mass is 10.00. The van der Waals surface area contributed by atoms with Crippen molar-refractivity contribution in [3.8, 4) is 0 Å². The Bertz CT molecular complexity index is 766. The highest BCUT2D eigenvalue weighted by Gasteiger charge is 2.21. The largest absolute Gasteiger partial charge is 0.337 e. The third kappa shape index (κ3) is 4.09. The molecule has 3 rings (SSSR count). The molecule has 1 amide bonds. The zero-order valence-electron chi connectivity index (χ0n) is 15.6. The van der Waals surface area contributed by atoms with E-state index in [2.05, 4.69) is 54.6 Å². The molecular formula is C20H27N3OS. The first-order chi connectivity index (χ1) is 12.0. The SMILES string of the molecule is Cc1nc(SCC(=O)N2CCc3ccccc3C2)n(CC(C)C)c1C. The Balaban J connectivity index is 1.64. The van der Waals surface area contributed by atoms with Gasteiger partial charge in [-0.25, -0.2) is 4.98 Å². The van der Waals surface area contributed by atoms with Crippen molar-refractivity contribution in [3.63, 3.8) is 0 Å². The molecule has 134 valence electrons. The van der Waals surface area contributed by atoms with Crippen molar-refractivity contribution in [2.45, 2.75) is 52.4 Å². The molecule has 2 heterocycles. The van der Waals surface area contributed by atoms with Crippen LogP contribution in [0.25, 0.3) is 0 Å². The minimum absolute atomic E-state index is 0.203. The molecule has 0 saturated carbocycles. The van der Waals surface area contributed by atoms with E-state index >= 15 is 0 Å². The van der Waals surface area contributed by atoms with Crippen molar-refractivity contribution < 1.29 is 4.79 Å². The fourth-order valence-electron chi connectivity index (χ4n) is 3.24. The van der Waals surface area contributed by atoms with Crippen LogP contribution in [-0.2, 0) is 24.3 Å². The maximum absolute atomic E-state index is 12.7. The number of rotatable bonds is 5. The predicted octanol–water partition coefficient (Wildman–Crippen LogP) is 3.83. The Morgan fingerprint density at radius 2 is 1.96 bits per heavy atom. The van der Waals surface area contributed by atoms with Crippen molar-refractivity contribution in [2.24, 2.45) is 5.92 Å². The second-order valence-electron chi connectivity index (χ2n) is 7.19. The number of imidazole rings is 1. The lowest BCUT2D eigenvalue weighted by Crippen LogP contribution is -2.37.